The molecule has 1 aromatic rings. The maximum Gasteiger partial charge on any atom is 0.407 e. The molecular weight excluding hydrogens is 278 g/mol. The highest BCUT2D eigenvalue weighted by atomic mass is 16.6. The van der Waals surface area contributed by atoms with Crippen LogP contribution in [0.5, 0.6) is 0 Å². The number of aromatic nitrogens is 1. The van der Waals surface area contributed by atoms with Crippen LogP contribution in [0.4, 0.5) is 10.6 Å². The van der Waals surface area contributed by atoms with Gasteiger partial charge in [0.2, 0.25) is 0 Å². The maximum absolute atomic E-state index is 11.8. The Kier molecular flexibility index (Phi) is 5.04. The second kappa shape index (κ2) is 6.63. The van der Waals surface area contributed by atoms with E-state index in [1.165, 1.54) is 11.4 Å². The van der Waals surface area contributed by atoms with Crippen molar-refractivity contribution >= 4 is 11.9 Å². The van der Waals surface area contributed by atoms with Crippen molar-refractivity contribution in [1.29, 1.82) is 0 Å². The van der Waals surface area contributed by atoms with Crippen molar-refractivity contribution < 1.29 is 9.53 Å². The zero-order chi connectivity index (χ0) is 16.3. The van der Waals surface area contributed by atoms with Gasteiger partial charge in [-0.05, 0) is 51.2 Å². The molecule has 5 heteroatoms. The summed E-state index contributed by atoms with van der Waals surface area (Å²) in [5.41, 5.74) is 0.895. The fourth-order valence-corrected chi connectivity index (χ4v) is 2.65. The fourth-order valence-electron chi connectivity index (χ4n) is 2.65. The molecule has 2 rings (SSSR count). The summed E-state index contributed by atoms with van der Waals surface area (Å²) in [5.74, 6) is 1.72. The fraction of sp³-hybridized carbons (Fsp3) is 0.706. The Balaban J connectivity index is 1.81. The van der Waals surface area contributed by atoms with E-state index in [1.54, 1.807) is 0 Å². The lowest BCUT2D eigenvalue weighted by atomic mass is 10.0. The van der Waals surface area contributed by atoms with Crippen molar-refractivity contribution in [3.05, 3.63) is 17.8 Å². The number of nitrogens with zero attached hydrogens (tertiary/aromatic N) is 1. The third-order valence-electron chi connectivity index (χ3n) is 3.91. The van der Waals surface area contributed by atoms with Crippen LogP contribution >= 0.6 is 0 Å². The van der Waals surface area contributed by atoms with Gasteiger partial charge in [0.15, 0.2) is 0 Å². The molecule has 1 aliphatic heterocycles. The van der Waals surface area contributed by atoms with E-state index >= 15 is 0 Å². The Hall–Kier alpha value is -1.65. The van der Waals surface area contributed by atoms with Crippen LogP contribution in [0.25, 0.3) is 0 Å². The first-order chi connectivity index (χ1) is 10.2. The van der Waals surface area contributed by atoms with Crippen LogP contribution in [0, 0.1) is 0 Å². The summed E-state index contributed by atoms with van der Waals surface area (Å²) in [7, 11) is 0. The molecule has 5 nitrogen and oxygen atoms in total. The first-order valence-corrected chi connectivity index (χ1v) is 8.17. The summed E-state index contributed by atoms with van der Waals surface area (Å²) in [5, 5.41) is 2.97. The van der Waals surface area contributed by atoms with Crippen LogP contribution in [0.15, 0.2) is 12.3 Å². The van der Waals surface area contributed by atoms with Crippen LogP contribution in [-0.2, 0) is 4.74 Å². The summed E-state index contributed by atoms with van der Waals surface area (Å²) in [4.78, 5) is 17.5. The van der Waals surface area contributed by atoms with E-state index in [0.717, 1.165) is 25.9 Å². The number of H-pyrrole nitrogens is 1. The van der Waals surface area contributed by atoms with Gasteiger partial charge in [0, 0.05) is 25.3 Å². The lowest BCUT2D eigenvalue weighted by Gasteiger charge is -2.33. The van der Waals surface area contributed by atoms with E-state index in [0.29, 0.717) is 5.92 Å². The van der Waals surface area contributed by atoms with Crippen molar-refractivity contribution in [1.82, 2.24) is 10.3 Å². The number of piperidine rings is 1. The number of rotatable bonds is 3. The Labute approximate surface area is 133 Å². The Morgan fingerprint density at radius 1 is 1.36 bits per heavy atom. The van der Waals surface area contributed by atoms with Crippen LogP contribution in [0.2, 0.25) is 0 Å². The average molecular weight is 307 g/mol. The zero-order valence-corrected chi connectivity index (χ0v) is 14.4. The number of nitrogens with one attached hydrogen (secondary N) is 2. The number of hydrogen-bond donors (Lipinski definition) is 2. The van der Waals surface area contributed by atoms with Crippen molar-refractivity contribution in [2.75, 3.05) is 18.0 Å². The molecule has 1 fully saturated rings. The molecule has 2 heterocycles. The molecule has 0 unspecified atom stereocenters. The van der Waals surface area contributed by atoms with Crippen molar-refractivity contribution in [3.63, 3.8) is 0 Å². The number of ether oxygens (including phenoxy) is 1. The second-order valence-electron chi connectivity index (χ2n) is 7.38. The predicted molar refractivity (Wildman–Crippen MR) is 89.5 cm³/mol. The van der Waals surface area contributed by atoms with Gasteiger partial charge in [0.1, 0.15) is 11.4 Å². The van der Waals surface area contributed by atoms with Gasteiger partial charge in [-0.2, -0.15) is 0 Å². The first-order valence-electron chi connectivity index (χ1n) is 8.17. The molecular formula is C17H29N3O2. The predicted octanol–water partition coefficient (Wildman–Crippen LogP) is 3.63. The molecule has 124 valence electrons. The molecule has 1 aromatic heterocycles. The first kappa shape index (κ1) is 16.7. The number of aromatic amines is 1. The third-order valence-corrected chi connectivity index (χ3v) is 3.91. The topological polar surface area (TPSA) is 57.4 Å². The van der Waals surface area contributed by atoms with E-state index < -0.39 is 5.60 Å². The van der Waals surface area contributed by atoms with Crippen LogP contribution in [-0.4, -0.2) is 35.8 Å². The number of amides is 1. The normalized spacial score (nSPS) is 16.9. The lowest BCUT2D eigenvalue weighted by Crippen LogP contribution is -2.46. The molecule has 2 N–H and O–H groups in total. The number of alkyl carbamates (subject to hydrolysis) is 1. The molecule has 0 aromatic carbocycles. The molecule has 1 aliphatic rings. The standard InChI is InChI=1S/C17H29N3O2/c1-12(2)13-10-15(18-11-13)20-8-6-14(7-9-20)19-16(21)22-17(3,4)5/h10-12,14,18H,6-9H2,1-5H3,(H,19,21). The average Bonchev–Trinajstić information content (AvgIpc) is 2.87. The molecule has 0 bridgehead atoms. The molecule has 0 atom stereocenters. The summed E-state index contributed by atoms with van der Waals surface area (Å²) >= 11 is 0. The smallest absolute Gasteiger partial charge is 0.407 e. The van der Waals surface area contributed by atoms with Crippen molar-refractivity contribution in [3.8, 4) is 0 Å². The molecule has 0 aliphatic carbocycles. The van der Waals surface area contributed by atoms with Crippen LogP contribution < -0.4 is 10.2 Å². The van der Waals surface area contributed by atoms with Crippen molar-refractivity contribution in [2.45, 2.75) is 65.0 Å². The summed E-state index contributed by atoms with van der Waals surface area (Å²) in [6.45, 7) is 11.9. The van der Waals surface area contributed by atoms with Gasteiger partial charge in [0.05, 0.1) is 0 Å². The Morgan fingerprint density at radius 2 is 2.00 bits per heavy atom. The van der Waals surface area contributed by atoms with E-state index in [1.807, 2.05) is 20.8 Å². The Morgan fingerprint density at radius 3 is 2.50 bits per heavy atom. The third kappa shape index (κ3) is 4.68. The molecule has 0 saturated carbocycles. The maximum atomic E-state index is 11.8. The van der Waals surface area contributed by atoms with Gasteiger partial charge in [-0.1, -0.05) is 13.8 Å². The summed E-state index contributed by atoms with van der Waals surface area (Å²) in [6.07, 6.45) is 3.66. The van der Waals surface area contributed by atoms with Crippen LogP contribution in [0.3, 0.4) is 0 Å². The molecule has 1 saturated heterocycles. The van der Waals surface area contributed by atoms with Crippen molar-refractivity contribution in [2.24, 2.45) is 0 Å². The lowest BCUT2D eigenvalue weighted by molar-refractivity contribution is 0.0497. The monoisotopic (exact) mass is 307 g/mol. The quantitative estimate of drug-likeness (QED) is 0.896. The minimum atomic E-state index is -0.442. The molecule has 0 spiro atoms. The summed E-state index contributed by atoms with van der Waals surface area (Å²) in [6, 6.07) is 2.43. The highest BCUT2D eigenvalue weighted by Crippen LogP contribution is 2.23. The van der Waals surface area contributed by atoms with Gasteiger partial charge in [-0.3, -0.25) is 0 Å². The highest BCUT2D eigenvalue weighted by molar-refractivity contribution is 5.68. The van der Waals surface area contributed by atoms with Gasteiger partial charge in [0.25, 0.3) is 0 Å². The number of hydrogen-bond acceptors (Lipinski definition) is 3. The molecule has 22 heavy (non-hydrogen) atoms. The SMILES string of the molecule is CC(C)c1c[nH]c(N2CCC(NC(=O)OC(C)(C)C)CC2)c1. The molecule has 0 radical (unpaired) electrons. The summed E-state index contributed by atoms with van der Waals surface area (Å²) < 4.78 is 5.31. The van der Waals surface area contributed by atoms with E-state index in [2.05, 4.69) is 41.3 Å². The van der Waals surface area contributed by atoms with Gasteiger partial charge < -0.3 is 19.9 Å². The minimum absolute atomic E-state index is 0.200. The van der Waals surface area contributed by atoms with E-state index in [-0.39, 0.29) is 12.1 Å². The minimum Gasteiger partial charge on any atom is -0.444 e. The number of carbonyl (C=O) groups excluding carboxylic acids is 1. The number of carbonyl (C=O) groups is 1. The largest absolute Gasteiger partial charge is 0.444 e. The zero-order valence-electron chi connectivity index (χ0n) is 14.4. The number of anilines is 1. The van der Waals surface area contributed by atoms with E-state index in [9.17, 15) is 4.79 Å². The van der Waals surface area contributed by atoms with Gasteiger partial charge in [-0.25, -0.2) is 4.79 Å². The highest BCUT2D eigenvalue weighted by Gasteiger charge is 2.24. The molecule has 1 amide bonds. The van der Waals surface area contributed by atoms with Gasteiger partial charge >= 0.3 is 6.09 Å². The van der Waals surface area contributed by atoms with E-state index in [4.69, 9.17) is 4.74 Å². The van der Waals surface area contributed by atoms with Gasteiger partial charge in [-0.15, -0.1) is 0 Å². The Bertz CT molecular complexity index is 494. The van der Waals surface area contributed by atoms with Crippen LogP contribution in [0.1, 0.15) is 58.9 Å². The second-order valence-corrected chi connectivity index (χ2v) is 7.38.